The third-order valence-corrected chi connectivity index (χ3v) is 2.02. The van der Waals surface area contributed by atoms with Crippen molar-refractivity contribution in [1.29, 1.82) is 0 Å². The van der Waals surface area contributed by atoms with Gasteiger partial charge in [0.15, 0.2) is 5.75 Å². The molecule has 1 aromatic rings. The van der Waals surface area contributed by atoms with Crippen LogP contribution in [-0.2, 0) is 4.79 Å². The predicted octanol–water partition coefficient (Wildman–Crippen LogP) is 1.63. The predicted molar refractivity (Wildman–Crippen MR) is 45.4 cm³/mol. The van der Waals surface area contributed by atoms with Crippen LogP contribution in [0.5, 0.6) is 5.75 Å². The Morgan fingerprint density at radius 1 is 1.36 bits per heavy atom. The highest BCUT2D eigenvalue weighted by atomic mass is 19.3. The van der Waals surface area contributed by atoms with E-state index in [1.807, 2.05) is 0 Å². The zero-order valence-electron chi connectivity index (χ0n) is 7.33. The molecule has 0 bridgehead atoms. The summed E-state index contributed by atoms with van der Waals surface area (Å²) < 4.78 is 30.1. The van der Waals surface area contributed by atoms with Crippen molar-refractivity contribution in [3.05, 3.63) is 24.3 Å². The first-order valence-electron chi connectivity index (χ1n) is 3.96. The first-order valence-corrected chi connectivity index (χ1v) is 3.96. The number of likely N-dealkylation sites (N-methyl/N-ethyl adjacent to an activating group) is 1. The van der Waals surface area contributed by atoms with Crippen molar-refractivity contribution in [2.24, 2.45) is 0 Å². The normalized spacial score (nSPS) is 18.8. The monoisotopic (exact) mass is 199 g/mol. The molecule has 0 aromatic heterocycles. The van der Waals surface area contributed by atoms with Crippen molar-refractivity contribution < 1.29 is 18.3 Å². The van der Waals surface area contributed by atoms with Gasteiger partial charge < -0.3 is 9.64 Å². The number of ether oxygens (including phenoxy) is 1. The van der Waals surface area contributed by atoms with Gasteiger partial charge >= 0.3 is 12.0 Å². The molecule has 74 valence electrons. The standard InChI is InChI=1S/C9H7F2NO2/c1-12-6-4-2-3-5-7(6)14-9(10,11)8(12)13/h2-5H,1H3. The number of carbonyl (C=O) groups is 1. The van der Waals surface area contributed by atoms with Crippen LogP contribution in [0.4, 0.5) is 14.5 Å². The van der Waals surface area contributed by atoms with Gasteiger partial charge in [0, 0.05) is 7.05 Å². The maximum Gasteiger partial charge on any atom is 0.482 e. The lowest BCUT2D eigenvalue weighted by Crippen LogP contribution is -2.48. The molecule has 1 heterocycles. The Kier molecular flexibility index (Phi) is 1.70. The summed E-state index contributed by atoms with van der Waals surface area (Å²) in [5.41, 5.74) is 0.350. The zero-order valence-corrected chi connectivity index (χ0v) is 7.33. The Labute approximate surface area is 78.9 Å². The van der Waals surface area contributed by atoms with E-state index in [0.717, 1.165) is 4.90 Å². The van der Waals surface area contributed by atoms with Crippen LogP contribution in [0, 0.1) is 0 Å². The number of rotatable bonds is 0. The quantitative estimate of drug-likeness (QED) is 0.635. The zero-order chi connectivity index (χ0) is 10.3. The Morgan fingerprint density at radius 3 is 2.71 bits per heavy atom. The van der Waals surface area contributed by atoms with Crippen LogP contribution < -0.4 is 9.64 Å². The maximum atomic E-state index is 12.9. The minimum Gasteiger partial charge on any atom is -0.423 e. The third-order valence-electron chi connectivity index (χ3n) is 2.02. The summed E-state index contributed by atoms with van der Waals surface area (Å²) in [6.45, 7) is 0. The van der Waals surface area contributed by atoms with Gasteiger partial charge in [-0.1, -0.05) is 12.1 Å². The molecule has 0 fully saturated rings. The summed E-state index contributed by atoms with van der Waals surface area (Å²) in [5, 5.41) is 0. The number of carbonyl (C=O) groups excluding carboxylic acids is 1. The Morgan fingerprint density at radius 2 is 2.00 bits per heavy atom. The number of alkyl halides is 2. The van der Waals surface area contributed by atoms with E-state index in [1.165, 1.54) is 13.1 Å². The van der Waals surface area contributed by atoms with Crippen molar-refractivity contribution in [1.82, 2.24) is 0 Å². The SMILES string of the molecule is CN1C(=O)C(F)(F)Oc2ccccc21. The molecule has 1 aliphatic rings. The van der Waals surface area contributed by atoms with Gasteiger partial charge in [-0.25, -0.2) is 0 Å². The Bertz CT molecular complexity index is 392. The van der Waals surface area contributed by atoms with Gasteiger partial charge in [-0.2, -0.15) is 8.78 Å². The number of benzene rings is 1. The Hall–Kier alpha value is -1.65. The molecule has 2 rings (SSSR count). The molecule has 1 aromatic carbocycles. The molecule has 1 amide bonds. The van der Waals surface area contributed by atoms with Crippen LogP contribution in [0.15, 0.2) is 24.3 Å². The number of amides is 1. The van der Waals surface area contributed by atoms with Crippen LogP contribution in [0.2, 0.25) is 0 Å². The first-order chi connectivity index (χ1) is 6.52. The highest BCUT2D eigenvalue weighted by molar-refractivity contribution is 6.00. The average molecular weight is 199 g/mol. The van der Waals surface area contributed by atoms with Gasteiger partial charge in [0.2, 0.25) is 0 Å². The van der Waals surface area contributed by atoms with E-state index in [-0.39, 0.29) is 5.75 Å². The number of para-hydroxylation sites is 2. The molecule has 0 atom stereocenters. The molecule has 0 unspecified atom stereocenters. The molecule has 3 nitrogen and oxygen atoms in total. The molecule has 0 N–H and O–H groups in total. The Balaban J connectivity index is 2.53. The molecule has 0 saturated carbocycles. The van der Waals surface area contributed by atoms with E-state index in [0.29, 0.717) is 5.69 Å². The van der Waals surface area contributed by atoms with Crippen LogP contribution in [0.3, 0.4) is 0 Å². The summed E-state index contributed by atoms with van der Waals surface area (Å²) >= 11 is 0. The lowest BCUT2D eigenvalue weighted by atomic mass is 10.2. The minimum atomic E-state index is -3.76. The summed E-state index contributed by atoms with van der Waals surface area (Å²) in [6.07, 6.45) is -3.76. The number of anilines is 1. The van der Waals surface area contributed by atoms with E-state index >= 15 is 0 Å². The minimum absolute atomic E-state index is 0.0135. The largest absolute Gasteiger partial charge is 0.482 e. The average Bonchev–Trinajstić information content (AvgIpc) is 2.14. The lowest BCUT2D eigenvalue weighted by Gasteiger charge is -2.30. The summed E-state index contributed by atoms with van der Waals surface area (Å²) in [6, 6.07) is 6.16. The van der Waals surface area contributed by atoms with Gasteiger partial charge in [-0.05, 0) is 12.1 Å². The number of hydrogen-bond donors (Lipinski definition) is 0. The second-order valence-corrected chi connectivity index (χ2v) is 2.95. The maximum absolute atomic E-state index is 12.9. The van der Waals surface area contributed by atoms with Crippen molar-refractivity contribution in [3.63, 3.8) is 0 Å². The molecule has 0 spiro atoms. The summed E-state index contributed by atoms with van der Waals surface area (Å²) in [7, 11) is 1.29. The highest BCUT2D eigenvalue weighted by Crippen LogP contribution is 2.37. The van der Waals surface area contributed by atoms with Gasteiger partial charge in [-0.15, -0.1) is 0 Å². The van der Waals surface area contributed by atoms with Crippen LogP contribution >= 0.6 is 0 Å². The molecular formula is C9H7F2NO2. The highest BCUT2D eigenvalue weighted by Gasteiger charge is 2.49. The van der Waals surface area contributed by atoms with E-state index in [1.54, 1.807) is 18.2 Å². The number of hydrogen-bond acceptors (Lipinski definition) is 2. The molecule has 1 aliphatic heterocycles. The third kappa shape index (κ3) is 1.13. The molecular weight excluding hydrogens is 192 g/mol. The van der Waals surface area contributed by atoms with Gasteiger partial charge in [-0.3, -0.25) is 4.79 Å². The van der Waals surface area contributed by atoms with Gasteiger partial charge in [0.1, 0.15) is 0 Å². The molecule has 14 heavy (non-hydrogen) atoms. The fourth-order valence-corrected chi connectivity index (χ4v) is 1.31. The van der Waals surface area contributed by atoms with Crippen molar-refractivity contribution in [3.8, 4) is 5.75 Å². The fraction of sp³-hybridized carbons (Fsp3) is 0.222. The van der Waals surface area contributed by atoms with E-state index in [4.69, 9.17) is 0 Å². The molecule has 0 saturated heterocycles. The van der Waals surface area contributed by atoms with Gasteiger partial charge in [0.05, 0.1) is 5.69 Å². The summed E-state index contributed by atoms with van der Waals surface area (Å²) in [4.78, 5) is 11.9. The second-order valence-electron chi connectivity index (χ2n) is 2.95. The van der Waals surface area contributed by atoms with Crippen LogP contribution in [0.25, 0.3) is 0 Å². The molecule has 0 aliphatic carbocycles. The van der Waals surface area contributed by atoms with E-state index in [9.17, 15) is 13.6 Å². The second kappa shape index (κ2) is 2.67. The van der Waals surface area contributed by atoms with Crippen molar-refractivity contribution in [2.75, 3.05) is 11.9 Å². The first kappa shape index (κ1) is 8.93. The van der Waals surface area contributed by atoms with E-state index < -0.39 is 12.0 Å². The van der Waals surface area contributed by atoms with Crippen molar-refractivity contribution >= 4 is 11.6 Å². The number of halogens is 2. The van der Waals surface area contributed by atoms with Crippen LogP contribution in [0.1, 0.15) is 0 Å². The fourth-order valence-electron chi connectivity index (χ4n) is 1.31. The topological polar surface area (TPSA) is 29.5 Å². The van der Waals surface area contributed by atoms with Gasteiger partial charge in [0.25, 0.3) is 0 Å². The molecule has 0 radical (unpaired) electrons. The molecule has 5 heteroatoms. The summed E-state index contributed by atoms with van der Waals surface area (Å²) in [5.74, 6) is -1.34. The van der Waals surface area contributed by atoms with Crippen molar-refractivity contribution in [2.45, 2.75) is 6.11 Å². The van der Waals surface area contributed by atoms with Crippen LogP contribution in [-0.4, -0.2) is 19.1 Å². The lowest BCUT2D eigenvalue weighted by molar-refractivity contribution is -0.192. The van der Waals surface area contributed by atoms with E-state index in [2.05, 4.69) is 4.74 Å². The number of fused-ring (bicyclic) bond motifs is 1. The number of nitrogens with zero attached hydrogens (tertiary/aromatic N) is 1. The smallest absolute Gasteiger partial charge is 0.423 e.